The van der Waals surface area contributed by atoms with Crippen LogP contribution in [0.5, 0.6) is 0 Å². The average Bonchev–Trinajstić information content (AvgIpc) is 2.53. The summed E-state index contributed by atoms with van der Waals surface area (Å²) in [6.45, 7) is 1.43. The van der Waals surface area contributed by atoms with Gasteiger partial charge in [-0.1, -0.05) is 24.3 Å². The molecule has 1 saturated carbocycles. The Balaban J connectivity index is 1.48. The minimum Gasteiger partial charge on any atom is -0.376 e. The number of rotatable bonds is 5. The molecule has 0 bridgehead atoms. The summed E-state index contributed by atoms with van der Waals surface area (Å²) < 4.78 is 5.90. The van der Waals surface area contributed by atoms with E-state index in [-0.39, 0.29) is 0 Å². The second kappa shape index (κ2) is 6.83. The van der Waals surface area contributed by atoms with Crippen molar-refractivity contribution in [1.29, 1.82) is 0 Å². The predicted octanol–water partition coefficient (Wildman–Crippen LogP) is 2.33. The zero-order valence-corrected chi connectivity index (χ0v) is 12.2. The Morgan fingerprint density at radius 3 is 2.86 bits per heavy atom. The Bertz CT molecular complexity index is 576. The highest BCUT2D eigenvalue weighted by molar-refractivity contribution is 5.90. The van der Waals surface area contributed by atoms with Crippen molar-refractivity contribution in [2.24, 2.45) is 5.73 Å². The van der Waals surface area contributed by atoms with E-state index in [1.807, 2.05) is 18.2 Å². The van der Waals surface area contributed by atoms with E-state index >= 15 is 0 Å². The van der Waals surface area contributed by atoms with E-state index in [9.17, 15) is 0 Å². The van der Waals surface area contributed by atoms with Gasteiger partial charge in [-0.05, 0) is 25.7 Å². The number of nitrogens with two attached hydrogens (primary N) is 1. The van der Waals surface area contributed by atoms with E-state index < -0.39 is 0 Å². The van der Waals surface area contributed by atoms with Gasteiger partial charge in [-0.2, -0.15) is 5.10 Å². The highest BCUT2D eigenvalue weighted by Gasteiger charge is 2.18. The molecule has 0 unspecified atom stereocenters. The highest BCUT2D eigenvalue weighted by Crippen LogP contribution is 2.20. The molecule has 3 rings (SSSR count). The minimum atomic E-state index is 0.366. The maximum atomic E-state index is 5.90. The Kier molecular flexibility index (Phi) is 4.62. The zero-order valence-electron chi connectivity index (χ0n) is 12.2. The van der Waals surface area contributed by atoms with Gasteiger partial charge in [0.25, 0.3) is 0 Å². The Labute approximate surface area is 124 Å². The van der Waals surface area contributed by atoms with Crippen LogP contribution in [0.1, 0.15) is 25.7 Å². The lowest BCUT2D eigenvalue weighted by Gasteiger charge is -2.26. The molecule has 21 heavy (non-hydrogen) atoms. The summed E-state index contributed by atoms with van der Waals surface area (Å²) >= 11 is 0. The lowest BCUT2D eigenvalue weighted by molar-refractivity contribution is 0.0313. The van der Waals surface area contributed by atoms with E-state index in [0.717, 1.165) is 48.8 Å². The van der Waals surface area contributed by atoms with Crippen LogP contribution in [0.4, 0.5) is 5.82 Å². The van der Waals surface area contributed by atoms with Gasteiger partial charge in [-0.25, -0.2) is 0 Å². The lowest BCUT2D eigenvalue weighted by Crippen LogP contribution is -2.31. The molecule has 3 N–H and O–H groups in total. The van der Waals surface area contributed by atoms with Gasteiger partial charge in [-0.15, -0.1) is 5.10 Å². The Morgan fingerprint density at radius 1 is 1.19 bits per heavy atom. The van der Waals surface area contributed by atoms with Crippen molar-refractivity contribution in [2.45, 2.75) is 37.8 Å². The first-order valence-corrected chi connectivity index (χ1v) is 7.64. The van der Waals surface area contributed by atoms with E-state index in [2.05, 4.69) is 21.6 Å². The molecule has 112 valence electrons. The first-order valence-electron chi connectivity index (χ1n) is 7.64. The third-order valence-corrected chi connectivity index (χ3v) is 4.04. The molecule has 0 radical (unpaired) electrons. The first kappa shape index (κ1) is 14.2. The van der Waals surface area contributed by atoms with Gasteiger partial charge in [0.2, 0.25) is 0 Å². The predicted molar refractivity (Wildman–Crippen MR) is 84.2 cm³/mol. The van der Waals surface area contributed by atoms with Gasteiger partial charge in [0.15, 0.2) is 5.82 Å². The summed E-state index contributed by atoms with van der Waals surface area (Å²) in [7, 11) is 0. The lowest BCUT2D eigenvalue weighted by atomic mass is 9.94. The van der Waals surface area contributed by atoms with Gasteiger partial charge in [0.05, 0.1) is 18.9 Å². The molecular weight excluding hydrogens is 264 g/mol. The van der Waals surface area contributed by atoms with Crippen molar-refractivity contribution in [1.82, 2.24) is 10.2 Å². The summed E-state index contributed by atoms with van der Waals surface area (Å²) in [5, 5.41) is 13.7. The average molecular weight is 286 g/mol. The number of benzene rings is 1. The molecule has 0 aliphatic heterocycles. The fourth-order valence-electron chi connectivity index (χ4n) is 2.81. The molecule has 2 aromatic rings. The van der Waals surface area contributed by atoms with E-state index in [1.165, 1.54) is 0 Å². The molecule has 1 heterocycles. The van der Waals surface area contributed by atoms with Gasteiger partial charge in [-0.3, -0.25) is 0 Å². The van der Waals surface area contributed by atoms with Gasteiger partial charge >= 0.3 is 0 Å². The maximum Gasteiger partial charge on any atom is 0.156 e. The van der Waals surface area contributed by atoms with Crippen molar-refractivity contribution in [3.63, 3.8) is 0 Å². The molecule has 0 atom stereocenters. The molecule has 0 amide bonds. The number of ether oxygens (including phenoxy) is 1. The van der Waals surface area contributed by atoms with Crippen LogP contribution in [0.25, 0.3) is 10.8 Å². The molecule has 0 saturated heterocycles. The molecule has 1 aromatic heterocycles. The zero-order chi connectivity index (χ0) is 14.5. The van der Waals surface area contributed by atoms with Crippen LogP contribution < -0.4 is 11.1 Å². The number of fused-ring (bicyclic) bond motifs is 1. The van der Waals surface area contributed by atoms with Crippen LogP contribution in [0, 0.1) is 0 Å². The first-order chi connectivity index (χ1) is 10.3. The summed E-state index contributed by atoms with van der Waals surface area (Å²) in [6, 6.07) is 8.47. The van der Waals surface area contributed by atoms with Crippen molar-refractivity contribution < 1.29 is 4.74 Å². The van der Waals surface area contributed by atoms with Crippen LogP contribution in [-0.4, -0.2) is 35.5 Å². The van der Waals surface area contributed by atoms with Crippen LogP contribution in [0.3, 0.4) is 0 Å². The largest absolute Gasteiger partial charge is 0.376 e. The number of hydrogen-bond donors (Lipinski definition) is 2. The number of aromatic nitrogens is 2. The molecule has 1 aliphatic carbocycles. The van der Waals surface area contributed by atoms with Crippen LogP contribution >= 0.6 is 0 Å². The number of hydrogen-bond acceptors (Lipinski definition) is 5. The minimum absolute atomic E-state index is 0.366. The summed E-state index contributed by atoms with van der Waals surface area (Å²) in [4.78, 5) is 0. The van der Waals surface area contributed by atoms with Crippen LogP contribution in [-0.2, 0) is 4.74 Å². The van der Waals surface area contributed by atoms with E-state index in [1.54, 1.807) is 6.20 Å². The SMILES string of the molecule is NC1CCC(OCCNc2nncc3ccccc23)CC1. The fourth-order valence-corrected chi connectivity index (χ4v) is 2.81. The quantitative estimate of drug-likeness (QED) is 0.825. The third-order valence-electron chi connectivity index (χ3n) is 4.04. The summed E-state index contributed by atoms with van der Waals surface area (Å²) in [5.74, 6) is 0.822. The van der Waals surface area contributed by atoms with Crippen LogP contribution in [0.2, 0.25) is 0 Å². The third kappa shape index (κ3) is 3.68. The molecular formula is C16H22N4O. The van der Waals surface area contributed by atoms with E-state index in [0.29, 0.717) is 18.8 Å². The molecule has 5 heteroatoms. The van der Waals surface area contributed by atoms with Crippen molar-refractivity contribution in [2.75, 3.05) is 18.5 Å². The van der Waals surface area contributed by atoms with Gasteiger partial charge in [0, 0.05) is 23.4 Å². The highest BCUT2D eigenvalue weighted by atomic mass is 16.5. The fraction of sp³-hybridized carbons (Fsp3) is 0.500. The van der Waals surface area contributed by atoms with Crippen molar-refractivity contribution in [3.8, 4) is 0 Å². The topological polar surface area (TPSA) is 73.1 Å². The molecule has 1 aromatic carbocycles. The van der Waals surface area contributed by atoms with Crippen LogP contribution in [0.15, 0.2) is 30.5 Å². The van der Waals surface area contributed by atoms with Crippen molar-refractivity contribution >= 4 is 16.6 Å². The number of nitrogens with zero attached hydrogens (tertiary/aromatic N) is 2. The second-order valence-corrected chi connectivity index (χ2v) is 5.61. The monoisotopic (exact) mass is 286 g/mol. The molecule has 1 fully saturated rings. The molecule has 0 spiro atoms. The van der Waals surface area contributed by atoms with Gasteiger partial charge in [0.1, 0.15) is 0 Å². The van der Waals surface area contributed by atoms with E-state index in [4.69, 9.17) is 10.5 Å². The van der Waals surface area contributed by atoms with Gasteiger partial charge < -0.3 is 15.8 Å². The standard InChI is InChI=1S/C16H22N4O/c17-13-5-7-14(8-6-13)21-10-9-18-16-15-4-2-1-3-12(15)11-19-20-16/h1-4,11,13-14H,5-10,17H2,(H,18,20). The normalized spacial score (nSPS) is 22.3. The molecule has 1 aliphatic rings. The second-order valence-electron chi connectivity index (χ2n) is 5.61. The Morgan fingerprint density at radius 2 is 2.00 bits per heavy atom. The maximum absolute atomic E-state index is 5.90. The molecule has 5 nitrogen and oxygen atoms in total. The number of nitrogens with one attached hydrogen (secondary N) is 1. The van der Waals surface area contributed by atoms with Crippen molar-refractivity contribution in [3.05, 3.63) is 30.5 Å². The number of anilines is 1. The smallest absolute Gasteiger partial charge is 0.156 e. The Hall–Kier alpha value is -1.72. The summed E-state index contributed by atoms with van der Waals surface area (Å²) in [6.07, 6.45) is 6.46. The summed E-state index contributed by atoms with van der Waals surface area (Å²) in [5.41, 5.74) is 5.90.